The first-order valence-corrected chi connectivity index (χ1v) is 8.94. The van der Waals surface area contributed by atoms with Gasteiger partial charge in [-0.25, -0.2) is 0 Å². The van der Waals surface area contributed by atoms with E-state index in [9.17, 15) is 15.2 Å². The first-order chi connectivity index (χ1) is 13.0. The fourth-order valence-corrected chi connectivity index (χ4v) is 3.16. The van der Waals surface area contributed by atoms with Crippen LogP contribution in [0.1, 0.15) is 5.56 Å². The van der Waals surface area contributed by atoms with Gasteiger partial charge in [0.2, 0.25) is 0 Å². The predicted molar refractivity (Wildman–Crippen MR) is 110 cm³/mol. The molecule has 134 valence electrons. The highest BCUT2D eigenvalue weighted by Gasteiger charge is 2.12. The number of hydrogen-bond acceptors (Lipinski definition) is 4. The molecule has 3 aromatic rings. The Hall–Kier alpha value is -3.30. The van der Waals surface area contributed by atoms with Crippen LogP contribution in [-0.2, 0) is 4.79 Å². The van der Waals surface area contributed by atoms with Crippen LogP contribution in [0.5, 0.6) is 5.75 Å². The number of rotatable bonds is 4. The lowest BCUT2D eigenvalue weighted by molar-refractivity contribution is -0.112. The number of nitriles is 1. The highest BCUT2D eigenvalue weighted by atomic mass is 79.9. The second-order valence-corrected chi connectivity index (χ2v) is 6.82. The SMILES string of the molecule is Cc1cc(Br)ccc1N/C=C(/C#N)C(=O)Nc1cccc2c(O)cccc12. The zero-order chi connectivity index (χ0) is 19.4. The fraction of sp³-hybridized carbons (Fsp3) is 0.0476. The molecule has 0 aliphatic rings. The van der Waals surface area contributed by atoms with Crippen LogP contribution in [0.15, 0.2) is 70.8 Å². The Morgan fingerprint density at radius 2 is 1.85 bits per heavy atom. The molecule has 0 fully saturated rings. The molecular weight excluding hydrogens is 406 g/mol. The normalized spacial score (nSPS) is 11.1. The number of halogens is 1. The van der Waals surface area contributed by atoms with E-state index in [2.05, 4.69) is 26.6 Å². The van der Waals surface area contributed by atoms with Gasteiger partial charge in [0.05, 0.1) is 0 Å². The van der Waals surface area contributed by atoms with Gasteiger partial charge in [0.25, 0.3) is 5.91 Å². The zero-order valence-electron chi connectivity index (χ0n) is 14.5. The Morgan fingerprint density at radius 1 is 1.11 bits per heavy atom. The molecule has 5 nitrogen and oxygen atoms in total. The average Bonchev–Trinajstić information content (AvgIpc) is 2.64. The number of phenols is 1. The highest BCUT2D eigenvalue weighted by molar-refractivity contribution is 9.10. The second-order valence-electron chi connectivity index (χ2n) is 5.91. The minimum absolute atomic E-state index is 0.0607. The largest absolute Gasteiger partial charge is 0.507 e. The highest BCUT2D eigenvalue weighted by Crippen LogP contribution is 2.30. The molecule has 3 rings (SSSR count). The monoisotopic (exact) mass is 421 g/mol. The minimum atomic E-state index is -0.532. The second kappa shape index (κ2) is 7.94. The molecule has 0 unspecified atom stereocenters. The predicted octanol–water partition coefficient (Wildman–Crippen LogP) is 5.07. The van der Waals surface area contributed by atoms with Gasteiger partial charge >= 0.3 is 0 Å². The number of benzene rings is 3. The van der Waals surface area contributed by atoms with Crippen molar-refractivity contribution >= 4 is 44.0 Å². The van der Waals surface area contributed by atoms with Crippen LogP contribution in [0.3, 0.4) is 0 Å². The zero-order valence-corrected chi connectivity index (χ0v) is 16.0. The molecule has 0 bridgehead atoms. The number of carbonyl (C=O) groups excluding carboxylic acids is 1. The van der Waals surface area contributed by atoms with Crippen LogP contribution in [0.2, 0.25) is 0 Å². The number of anilines is 2. The van der Waals surface area contributed by atoms with Gasteiger partial charge < -0.3 is 15.7 Å². The first-order valence-electron chi connectivity index (χ1n) is 8.14. The van der Waals surface area contributed by atoms with Gasteiger partial charge in [-0.15, -0.1) is 0 Å². The van der Waals surface area contributed by atoms with Crippen molar-refractivity contribution in [1.29, 1.82) is 5.26 Å². The molecule has 0 saturated carbocycles. The maximum atomic E-state index is 12.5. The van der Waals surface area contributed by atoms with Crippen LogP contribution >= 0.6 is 15.9 Å². The molecule has 27 heavy (non-hydrogen) atoms. The summed E-state index contributed by atoms with van der Waals surface area (Å²) >= 11 is 3.40. The lowest BCUT2D eigenvalue weighted by Gasteiger charge is -2.10. The summed E-state index contributed by atoms with van der Waals surface area (Å²) in [7, 11) is 0. The maximum Gasteiger partial charge on any atom is 0.267 e. The van der Waals surface area contributed by atoms with Gasteiger partial charge in [0.1, 0.15) is 17.4 Å². The van der Waals surface area contributed by atoms with E-state index in [1.54, 1.807) is 36.4 Å². The standard InChI is InChI=1S/C21H16BrN3O2/c1-13-10-15(22)8-9-18(13)24-12-14(11-23)21(27)25-19-6-2-5-17-16(19)4-3-7-20(17)26/h2-10,12,24,26H,1H3,(H,25,27)/b14-12-. The smallest absolute Gasteiger partial charge is 0.267 e. The van der Waals surface area contributed by atoms with Crippen LogP contribution in [0, 0.1) is 18.3 Å². The molecule has 0 heterocycles. The summed E-state index contributed by atoms with van der Waals surface area (Å²) < 4.78 is 0.951. The number of aromatic hydroxyl groups is 1. The van der Waals surface area contributed by atoms with E-state index in [0.717, 1.165) is 15.7 Å². The van der Waals surface area contributed by atoms with E-state index in [1.807, 2.05) is 31.2 Å². The van der Waals surface area contributed by atoms with Crippen molar-refractivity contribution in [2.45, 2.75) is 6.92 Å². The van der Waals surface area contributed by atoms with Crippen LogP contribution in [0.25, 0.3) is 10.8 Å². The number of phenolic OH excluding ortho intramolecular Hbond substituents is 1. The Labute approximate surface area is 165 Å². The first kappa shape index (κ1) is 18.5. The van der Waals surface area contributed by atoms with Crippen molar-refractivity contribution in [3.8, 4) is 11.8 Å². The van der Waals surface area contributed by atoms with Crippen LogP contribution in [0.4, 0.5) is 11.4 Å². The quantitative estimate of drug-likeness (QED) is 0.405. The third-order valence-electron chi connectivity index (χ3n) is 4.07. The van der Waals surface area contributed by atoms with Gasteiger partial charge in [0.15, 0.2) is 0 Å². The van der Waals surface area contributed by atoms with Gasteiger partial charge in [-0.05, 0) is 42.8 Å². The number of nitrogens with zero attached hydrogens (tertiary/aromatic N) is 1. The third-order valence-corrected chi connectivity index (χ3v) is 4.57. The number of hydrogen-bond donors (Lipinski definition) is 3. The summed E-state index contributed by atoms with van der Waals surface area (Å²) in [5.41, 5.74) is 2.24. The molecule has 3 aromatic carbocycles. The molecule has 0 radical (unpaired) electrons. The van der Waals surface area contributed by atoms with E-state index in [1.165, 1.54) is 6.20 Å². The van der Waals surface area contributed by atoms with Gasteiger partial charge in [0, 0.05) is 32.8 Å². The van der Waals surface area contributed by atoms with E-state index >= 15 is 0 Å². The number of carbonyl (C=O) groups is 1. The molecule has 0 aliphatic heterocycles. The molecule has 0 atom stereocenters. The Bertz CT molecular complexity index is 1100. The average molecular weight is 422 g/mol. The molecule has 6 heteroatoms. The molecule has 3 N–H and O–H groups in total. The number of nitrogens with one attached hydrogen (secondary N) is 2. The fourth-order valence-electron chi connectivity index (χ4n) is 2.68. The van der Waals surface area contributed by atoms with Gasteiger partial charge in [-0.3, -0.25) is 4.79 Å². The molecule has 1 amide bonds. The van der Waals surface area contributed by atoms with Crippen LogP contribution < -0.4 is 10.6 Å². The van der Waals surface area contributed by atoms with E-state index in [-0.39, 0.29) is 11.3 Å². The number of aryl methyl sites for hydroxylation is 1. The molecule has 0 aromatic heterocycles. The van der Waals surface area contributed by atoms with Crippen molar-refractivity contribution in [2.24, 2.45) is 0 Å². The van der Waals surface area contributed by atoms with Crippen molar-refractivity contribution in [2.75, 3.05) is 10.6 Å². The molecule has 0 saturated heterocycles. The van der Waals surface area contributed by atoms with Crippen molar-refractivity contribution in [3.05, 3.63) is 76.4 Å². The summed E-state index contributed by atoms with van der Waals surface area (Å²) in [4.78, 5) is 12.5. The van der Waals surface area contributed by atoms with E-state index in [0.29, 0.717) is 16.5 Å². The lowest BCUT2D eigenvalue weighted by atomic mass is 10.1. The Morgan fingerprint density at radius 3 is 2.59 bits per heavy atom. The van der Waals surface area contributed by atoms with Crippen molar-refractivity contribution in [1.82, 2.24) is 0 Å². The van der Waals surface area contributed by atoms with Gasteiger partial charge in [-0.2, -0.15) is 5.26 Å². The van der Waals surface area contributed by atoms with Crippen molar-refractivity contribution in [3.63, 3.8) is 0 Å². The minimum Gasteiger partial charge on any atom is -0.507 e. The summed E-state index contributed by atoms with van der Waals surface area (Å²) in [6.45, 7) is 1.93. The topological polar surface area (TPSA) is 85.2 Å². The third kappa shape index (κ3) is 4.10. The summed E-state index contributed by atoms with van der Waals surface area (Å²) in [6.07, 6.45) is 1.38. The summed E-state index contributed by atoms with van der Waals surface area (Å²) in [5, 5.41) is 26.4. The number of amides is 1. The Kier molecular flexibility index (Phi) is 5.43. The molecule has 0 spiro atoms. The Balaban J connectivity index is 1.84. The van der Waals surface area contributed by atoms with Gasteiger partial charge in [-0.1, -0.05) is 40.2 Å². The maximum absolute atomic E-state index is 12.5. The summed E-state index contributed by atoms with van der Waals surface area (Å²) in [6, 6.07) is 17.9. The summed E-state index contributed by atoms with van der Waals surface area (Å²) in [5.74, 6) is -0.400. The van der Waals surface area contributed by atoms with Crippen molar-refractivity contribution < 1.29 is 9.90 Å². The lowest BCUT2D eigenvalue weighted by Crippen LogP contribution is -2.14. The van der Waals surface area contributed by atoms with E-state index < -0.39 is 5.91 Å². The van der Waals surface area contributed by atoms with Crippen LogP contribution in [-0.4, -0.2) is 11.0 Å². The number of fused-ring (bicyclic) bond motifs is 1. The molecular formula is C21H16BrN3O2. The molecule has 0 aliphatic carbocycles. The van der Waals surface area contributed by atoms with E-state index in [4.69, 9.17) is 0 Å².